The largest absolute Gasteiger partial charge is 0.396 e. The van der Waals surface area contributed by atoms with Crippen LogP contribution >= 0.6 is 0 Å². The van der Waals surface area contributed by atoms with Gasteiger partial charge in [0.1, 0.15) is 19.6 Å². The van der Waals surface area contributed by atoms with Crippen molar-refractivity contribution in [2.45, 2.75) is 33.1 Å². The third-order valence-electron chi connectivity index (χ3n) is 1.71. The molecular weight excluding hydrogens is 138 g/mol. The number of rotatable bonds is 7. The van der Waals surface area contributed by atoms with Gasteiger partial charge in [0.15, 0.2) is 0 Å². The summed E-state index contributed by atoms with van der Waals surface area (Å²) >= 11 is 0. The lowest BCUT2D eigenvalue weighted by atomic mass is 10.3. The van der Waals surface area contributed by atoms with Gasteiger partial charge in [-0.05, 0) is 12.8 Å². The third-order valence-corrected chi connectivity index (χ3v) is 1.71. The molecule has 0 aliphatic heterocycles. The minimum atomic E-state index is 0.323. The molecule has 0 saturated heterocycles. The van der Waals surface area contributed by atoms with Crippen LogP contribution in [0.2, 0.25) is 0 Å². The van der Waals surface area contributed by atoms with Crippen molar-refractivity contribution in [3.8, 4) is 0 Å². The van der Waals surface area contributed by atoms with Gasteiger partial charge < -0.3 is 5.11 Å². The van der Waals surface area contributed by atoms with Crippen molar-refractivity contribution >= 4 is 0 Å². The van der Waals surface area contributed by atoms with Gasteiger partial charge in [-0.25, -0.2) is 0 Å². The second-order valence-corrected chi connectivity index (χ2v) is 2.92. The van der Waals surface area contributed by atoms with E-state index in [1.807, 2.05) is 0 Å². The fourth-order valence-corrected chi connectivity index (χ4v) is 1.26. The zero-order chi connectivity index (χ0) is 8.53. The van der Waals surface area contributed by atoms with Crippen molar-refractivity contribution in [1.29, 1.82) is 0 Å². The van der Waals surface area contributed by atoms with Crippen molar-refractivity contribution in [3.05, 3.63) is 0 Å². The van der Waals surface area contributed by atoms with Crippen molar-refractivity contribution in [1.82, 2.24) is 4.90 Å². The fraction of sp³-hybridized carbons (Fsp3) is 1.00. The summed E-state index contributed by atoms with van der Waals surface area (Å²) in [6.45, 7) is 8.12. The number of nitrogens with zero attached hydrogens (tertiary/aromatic N) is 1. The Hall–Kier alpha value is -0.0800. The molecule has 1 radical (unpaired) electrons. The van der Waals surface area contributed by atoms with Gasteiger partial charge in [-0.15, -0.1) is 0 Å². The number of aliphatic hydroxyl groups excluding tert-OH is 1. The molecule has 11 heavy (non-hydrogen) atoms. The van der Waals surface area contributed by atoms with E-state index in [0.717, 1.165) is 13.0 Å². The molecule has 0 saturated carbocycles. The molecule has 0 aromatic heterocycles. The Balaban J connectivity index is 3.34. The van der Waals surface area contributed by atoms with E-state index in [2.05, 4.69) is 18.7 Å². The highest BCUT2D eigenvalue weighted by molar-refractivity contribution is 4.61. The van der Waals surface area contributed by atoms with Crippen LogP contribution in [0.15, 0.2) is 0 Å². The molecule has 0 amide bonds. The van der Waals surface area contributed by atoms with Crippen LogP contribution in [0, 0.1) is 0 Å². The highest BCUT2D eigenvalue weighted by atomic mass is 16.3. The Bertz CT molecular complexity index is 70.0. The molecule has 0 unspecified atom stereocenters. The average Bonchev–Trinajstić information content (AvgIpc) is 2.01. The van der Waals surface area contributed by atoms with Crippen molar-refractivity contribution in [2.24, 2.45) is 0 Å². The Morgan fingerprint density at radius 2 is 1.55 bits per heavy atom. The summed E-state index contributed by atoms with van der Waals surface area (Å²) in [6.07, 6.45) is 3.34. The molecule has 0 bridgehead atoms. The van der Waals surface area contributed by atoms with Gasteiger partial charge in [-0.1, -0.05) is 13.8 Å². The molecule has 67 valence electrons. The molecule has 0 heterocycles. The quantitative estimate of drug-likeness (QED) is 0.557. The lowest BCUT2D eigenvalue weighted by molar-refractivity contribution is 0.268. The van der Waals surface area contributed by atoms with Gasteiger partial charge in [-0.2, -0.15) is 4.90 Å². The first-order valence-electron chi connectivity index (χ1n) is 4.68. The summed E-state index contributed by atoms with van der Waals surface area (Å²) in [5.74, 6) is 0. The van der Waals surface area contributed by atoms with E-state index in [4.69, 9.17) is 5.11 Å². The zero-order valence-corrected chi connectivity index (χ0v) is 7.84. The lowest BCUT2D eigenvalue weighted by Crippen LogP contribution is -2.33. The number of aliphatic hydroxyl groups is 1. The highest BCUT2D eigenvalue weighted by Crippen LogP contribution is 1.91. The summed E-state index contributed by atoms with van der Waals surface area (Å²) < 4.78 is 0. The molecule has 0 spiro atoms. The minimum absolute atomic E-state index is 0.323. The van der Waals surface area contributed by atoms with Crippen LogP contribution in [-0.2, 0) is 0 Å². The van der Waals surface area contributed by atoms with Crippen LogP contribution < -0.4 is 4.90 Å². The zero-order valence-electron chi connectivity index (χ0n) is 7.84. The normalized spacial score (nSPS) is 10.9. The standard InChI is InChI=1S/C9H21NO/c1-3-6-10(7-4-2)8-5-9-11/h11H,3-9H2,1-2H3/q+1. The summed E-state index contributed by atoms with van der Waals surface area (Å²) in [5.41, 5.74) is 0. The van der Waals surface area contributed by atoms with E-state index in [1.54, 1.807) is 0 Å². The summed E-state index contributed by atoms with van der Waals surface area (Å²) in [4.78, 5) is 2.41. The molecule has 2 nitrogen and oxygen atoms in total. The minimum Gasteiger partial charge on any atom is -0.396 e. The van der Waals surface area contributed by atoms with Crippen LogP contribution in [0.3, 0.4) is 0 Å². The van der Waals surface area contributed by atoms with E-state index in [9.17, 15) is 0 Å². The predicted octanol–water partition coefficient (Wildman–Crippen LogP) is 1.33. The van der Waals surface area contributed by atoms with Crippen LogP contribution in [0.1, 0.15) is 33.1 Å². The maximum Gasteiger partial charge on any atom is 0.125 e. The van der Waals surface area contributed by atoms with Crippen molar-refractivity contribution in [3.63, 3.8) is 0 Å². The predicted molar refractivity (Wildman–Crippen MR) is 49.0 cm³/mol. The van der Waals surface area contributed by atoms with Crippen LogP contribution in [0.25, 0.3) is 0 Å². The van der Waals surface area contributed by atoms with E-state index < -0.39 is 0 Å². The Kier molecular flexibility index (Phi) is 7.96. The first-order chi connectivity index (χ1) is 5.35. The first-order valence-corrected chi connectivity index (χ1v) is 4.68. The fourth-order valence-electron chi connectivity index (χ4n) is 1.26. The van der Waals surface area contributed by atoms with E-state index in [0.29, 0.717) is 6.61 Å². The molecule has 0 rings (SSSR count). The molecule has 0 atom stereocenters. The van der Waals surface area contributed by atoms with Gasteiger partial charge in [0, 0.05) is 13.0 Å². The molecule has 0 fully saturated rings. The van der Waals surface area contributed by atoms with Gasteiger partial charge in [0.2, 0.25) is 0 Å². The monoisotopic (exact) mass is 159 g/mol. The van der Waals surface area contributed by atoms with Crippen LogP contribution in [0.4, 0.5) is 0 Å². The van der Waals surface area contributed by atoms with E-state index in [1.165, 1.54) is 25.9 Å². The summed E-state index contributed by atoms with van der Waals surface area (Å²) in [5, 5.41) is 8.62. The van der Waals surface area contributed by atoms with E-state index in [-0.39, 0.29) is 0 Å². The molecule has 1 N–H and O–H groups in total. The van der Waals surface area contributed by atoms with Crippen molar-refractivity contribution < 1.29 is 5.11 Å². The van der Waals surface area contributed by atoms with Crippen LogP contribution in [0.5, 0.6) is 0 Å². The van der Waals surface area contributed by atoms with E-state index >= 15 is 0 Å². The molecule has 2 heteroatoms. The SMILES string of the molecule is CCC[N+](CCC)CCCO. The maximum absolute atomic E-state index is 8.62. The summed E-state index contributed by atoms with van der Waals surface area (Å²) in [6, 6.07) is 0. The molecular formula is C9H21NO+. The Labute approximate surface area is 70.2 Å². The molecule has 0 aliphatic rings. The first kappa shape index (κ1) is 10.9. The van der Waals surface area contributed by atoms with Gasteiger partial charge in [0.05, 0.1) is 0 Å². The second kappa shape index (κ2) is 8.02. The number of hydrogen-bond acceptors (Lipinski definition) is 2. The molecule has 0 aliphatic carbocycles. The molecule has 0 aromatic carbocycles. The van der Waals surface area contributed by atoms with Crippen molar-refractivity contribution in [2.75, 3.05) is 26.2 Å². The van der Waals surface area contributed by atoms with Gasteiger partial charge in [-0.3, -0.25) is 0 Å². The maximum atomic E-state index is 8.62. The Morgan fingerprint density at radius 3 is 1.91 bits per heavy atom. The number of hydrogen-bond donors (Lipinski definition) is 1. The third kappa shape index (κ3) is 6.32. The Morgan fingerprint density at radius 1 is 1.00 bits per heavy atom. The van der Waals surface area contributed by atoms with Crippen LogP contribution in [-0.4, -0.2) is 31.3 Å². The summed E-state index contributed by atoms with van der Waals surface area (Å²) in [7, 11) is 0. The smallest absolute Gasteiger partial charge is 0.125 e. The lowest BCUT2D eigenvalue weighted by Gasteiger charge is -2.09. The highest BCUT2D eigenvalue weighted by Gasteiger charge is 2.10. The molecule has 0 aromatic rings. The average molecular weight is 159 g/mol. The van der Waals surface area contributed by atoms with Gasteiger partial charge in [0.25, 0.3) is 0 Å². The topological polar surface area (TPSA) is 26.1 Å². The second-order valence-electron chi connectivity index (χ2n) is 2.92. The van der Waals surface area contributed by atoms with Gasteiger partial charge >= 0.3 is 0 Å².